The third kappa shape index (κ3) is 2.16. The zero-order valence-electron chi connectivity index (χ0n) is 9.66. The summed E-state index contributed by atoms with van der Waals surface area (Å²) >= 11 is 1.89. The minimum absolute atomic E-state index is 0.00236. The molecular weight excluding hydrogens is 210 g/mol. The van der Waals surface area contributed by atoms with Crippen LogP contribution in [0.4, 0.5) is 0 Å². The molecule has 0 bridgehead atoms. The van der Waals surface area contributed by atoms with E-state index >= 15 is 0 Å². The Morgan fingerprint density at radius 2 is 2.27 bits per heavy atom. The summed E-state index contributed by atoms with van der Waals surface area (Å²) in [6.07, 6.45) is 0.773. The van der Waals surface area contributed by atoms with Crippen LogP contribution in [0.1, 0.15) is 20.3 Å². The number of likely N-dealkylation sites (tertiary alicyclic amines) is 1. The smallest absolute Gasteiger partial charge is 0.306 e. The van der Waals surface area contributed by atoms with Crippen molar-refractivity contribution in [2.24, 2.45) is 5.41 Å². The van der Waals surface area contributed by atoms with Gasteiger partial charge in [0.15, 0.2) is 0 Å². The van der Waals surface area contributed by atoms with E-state index in [-0.39, 0.29) is 17.5 Å². The van der Waals surface area contributed by atoms with Gasteiger partial charge in [0.1, 0.15) is 6.10 Å². The first kappa shape index (κ1) is 11.3. The van der Waals surface area contributed by atoms with E-state index in [1.807, 2.05) is 11.8 Å². The lowest BCUT2D eigenvalue weighted by Crippen LogP contribution is -2.58. The molecule has 2 rings (SSSR count). The van der Waals surface area contributed by atoms with Gasteiger partial charge < -0.3 is 9.64 Å². The van der Waals surface area contributed by atoms with Crippen LogP contribution in [0.25, 0.3) is 0 Å². The van der Waals surface area contributed by atoms with Gasteiger partial charge in [-0.15, -0.1) is 0 Å². The van der Waals surface area contributed by atoms with Gasteiger partial charge in [-0.05, 0) is 12.3 Å². The van der Waals surface area contributed by atoms with Crippen LogP contribution < -0.4 is 0 Å². The number of cyclic esters (lactones) is 1. The molecule has 1 unspecified atom stereocenters. The Balaban J connectivity index is 1.94. The summed E-state index contributed by atoms with van der Waals surface area (Å²) in [6, 6.07) is 0. The molecule has 0 aromatic heterocycles. The predicted molar refractivity (Wildman–Crippen MR) is 62.0 cm³/mol. The minimum atomic E-state index is -0.00236. The molecule has 2 heterocycles. The van der Waals surface area contributed by atoms with E-state index in [2.05, 4.69) is 25.8 Å². The second-order valence-corrected chi connectivity index (χ2v) is 6.68. The summed E-state index contributed by atoms with van der Waals surface area (Å²) in [5.41, 5.74) is 0.147. The van der Waals surface area contributed by atoms with Crippen LogP contribution in [-0.2, 0) is 9.53 Å². The lowest BCUT2D eigenvalue weighted by atomic mass is 9.75. The van der Waals surface area contributed by atoms with Gasteiger partial charge in [-0.2, -0.15) is 11.8 Å². The fourth-order valence-electron chi connectivity index (χ4n) is 2.56. The maximum absolute atomic E-state index is 11.4. The highest BCUT2D eigenvalue weighted by Crippen LogP contribution is 2.44. The fourth-order valence-corrected chi connectivity index (χ4v) is 3.54. The van der Waals surface area contributed by atoms with Crippen molar-refractivity contribution in [3.8, 4) is 0 Å². The van der Waals surface area contributed by atoms with Gasteiger partial charge >= 0.3 is 5.97 Å². The zero-order chi connectivity index (χ0) is 11.1. The SMILES string of the molecule is CC(C)SCC1OC(=O)CC12CN(C)C2. The number of rotatable bonds is 3. The molecule has 0 N–H and O–H groups in total. The summed E-state index contributed by atoms with van der Waals surface area (Å²) in [4.78, 5) is 13.6. The Kier molecular flexibility index (Phi) is 2.99. The maximum atomic E-state index is 11.4. The van der Waals surface area contributed by atoms with Crippen molar-refractivity contribution in [1.82, 2.24) is 4.90 Å². The van der Waals surface area contributed by atoms with Crippen LogP contribution in [0.2, 0.25) is 0 Å². The maximum Gasteiger partial charge on any atom is 0.306 e. The molecule has 86 valence electrons. The fraction of sp³-hybridized carbons (Fsp3) is 0.909. The molecule has 15 heavy (non-hydrogen) atoms. The van der Waals surface area contributed by atoms with Crippen LogP contribution in [0, 0.1) is 5.41 Å². The van der Waals surface area contributed by atoms with Crippen LogP contribution in [-0.4, -0.2) is 48.1 Å². The topological polar surface area (TPSA) is 29.5 Å². The quantitative estimate of drug-likeness (QED) is 0.684. The average Bonchev–Trinajstić information content (AvgIpc) is 2.38. The number of hydrogen-bond donors (Lipinski definition) is 0. The van der Waals surface area contributed by atoms with E-state index in [0.29, 0.717) is 11.7 Å². The summed E-state index contributed by atoms with van der Waals surface area (Å²) in [7, 11) is 2.10. The minimum Gasteiger partial charge on any atom is -0.461 e. The number of carbonyl (C=O) groups is 1. The van der Waals surface area contributed by atoms with Gasteiger partial charge in [-0.25, -0.2) is 0 Å². The first-order chi connectivity index (χ1) is 7.02. The number of esters is 1. The van der Waals surface area contributed by atoms with Crippen molar-refractivity contribution in [1.29, 1.82) is 0 Å². The molecule has 0 aromatic carbocycles. The van der Waals surface area contributed by atoms with Crippen LogP contribution >= 0.6 is 11.8 Å². The van der Waals surface area contributed by atoms with Gasteiger partial charge in [-0.3, -0.25) is 4.79 Å². The van der Waals surface area contributed by atoms with Crippen molar-refractivity contribution in [2.45, 2.75) is 31.6 Å². The summed E-state index contributed by atoms with van der Waals surface area (Å²) in [6.45, 7) is 6.39. The van der Waals surface area contributed by atoms with Crippen LogP contribution in [0.5, 0.6) is 0 Å². The predicted octanol–water partition coefficient (Wildman–Crippen LogP) is 1.38. The van der Waals surface area contributed by atoms with Crippen molar-refractivity contribution >= 4 is 17.7 Å². The molecule has 3 nitrogen and oxygen atoms in total. The molecular formula is C11H19NO2S. The standard InChI is InChI=1S/C11H19NO2S/c1-8(2)15-5-9-11(4-10(13)14-9)6-12(3)7-11/h8-9H,4-7H2,1-3H3. The highest BCUT2D eigenvalue weighted by Gasteiger charge is 2.55. The monoisotopic (exact) mass is 229 g/mol. The van der Waals surface area contributed by atoms with Crippen molar-refractivity contribution in [3.05, 3.63) is 0 Å². The lowest BCUT2D eigenvalue weighted by molar-refractivity contribution is -0.141. The third-order valence-corrected chi connectivity index (χ3v) is 4.37. The number of ether oxygens (including phenoxy) is 1. The summed E-state index contributed by atoms with van der Waals surface area (Å²) in [5, 5.41) is 0.610. The van der Waals surface area contributed by atoms with Gasteiger partial charge in [0.2, 0.25) is 0 Å². The first-order valence-electron chi connectivity index (χ1n) is 5.51. The molecule has 2 aliphatic rings. The Bertz CT molecular complexity index is 261. The number of nitrogens with zero attached hydrogens (tertiary/aromatic N) is 1. The Labute approximate surface area is 95.5 Å². The van der Waals surface area contributed by atoms with E-state index in [1.54, 1.807) is 0 Å². The second-order valence-electron chi connectivity index (χ2n) is 5.07. The van der Waals surface area contributed by atoms with Gasteiger partial charge in [0.05, 0.1) is 6.42 Å². The zero-order valence-corrected chi connectivity index (χ0v) is 10.5. The van der Waals surface area contributed by atoms with E-state index in [1.165, 1.54) is 0 Å². The second kappa shape index (κ2) is 3.98. The molecule has 2 aliphatic heterocycles. The molecule has 0 amide bonds. The molecule has 0 aromatic rings. The highest BCUT2D eigenvalue weighted by molar-refractivity contribution is 7.99. The summed E-state index contributed by atoms with van der Waals surface area (Å²) in [5.74, 6) is 0.953. The Morgan fingerprint density at radius 3 is 2.80 bits per heavy atom. The molecule has 2 saturated heterocycles. The van der Waals surface area contributed by atoms with Crippen molar-refractivity contribution in [2.75, 3.05) is 25.9 Å². The number of carbonyl (C=O) groups excluding carboxylic acids is 1. The van der Waals surface area contributed by atoms with Crippen molar-refractivity contribution in [3.63, 3.8) is 0 Å². The first-order valence-corrected chi connectivity index (χ1v) is 6.56. The highest BCUT2D eigenvalue weighted by atomic mass is 32.2. The molecule has 2 fully saturated rings. The van der Waals surface area contributed by atoms with Crippen molar-refractivity contribution < 1.29 is 9.53 Å². The molecule has 0 saturated carbocycles. The largest absolute Gasteiger partial charge is 0.461 e. The lowest BCUT2D eigenvalue weighted by Gasteiger charge is -2.47. The van der Waals surface area contributed by atoms with Crippen LogP contribution in [0.15, 0.2) is 0 Å². The molecule has 1 spiro atoms. The van der Waals surface area contributed by atoms with E-state index in [9.17, 15) is 4.79 Å². The molecule has 0 aliphatic carbocycles. The molecule has 1 atom stereocenters. The molecule has 0 radical (unpaired) electrons. The average molecular weight is 229 g/mol. The van der Waals surface area contributed by atoms with Crippen LogP contribution in [0.3, 0.4) is 0 Å². The normalized spacial score (nSPS) is 29.6. The molecule has 4 heteroatoms. The summed E-state index contributed by atoms with van der Waals surface area (Å²) < 4.78 is 5.43. The number of hydrogen-bond acceptors (Lipinski definition) is 4. The van der Waals surface area contributed by atoms with E-state index in [4.69, 9.17) is 4.74 Å². The van der Waals surface area contributed by atoms with Gasteiger partial charge in [0, 0.05) is 24.3 Å². The number of thioether (sulfide) groups is 1. The Hall–Kier alpha value is -0.220. The Morgan fingerprint density at radius 1 is 1.60 bits per heavy atom. The van der Waals surface area contributed by atoms with Gasteiger partial charge in [-0.1, -0.05) is 13.8 Å². The van der Waals surface area contributed by atoms with Gasteiger partial charge in [0.25, 0.3) is 0 Å². The van der Waals surface area contributed by atoms with E-state index in [0.717, 1.165) is 18.8 Å². The van der Waals surface area contributed by atoms with E-state index < -0.39 is 0 Å². The third-order valence-electron chi connectivity index (χ3n) is 3.20.